The molecule has 0 aromatic heterocycles. The van der Waals surface area contributed by atoms with E-state index in [0.717, 1.165) is 0 Å². The maximum atomic E-state index is 13.4. The number of hydrogen-bond acceptors (Lipinski definition) is 8. The molecule has 118 valence electrons. The molecule has 0 saturated heterocycles. The van der Waals surface area contributed by atoms with Gasteiger partial charge >= 0.3 is 26.2 Å². The first-order valence-corrected chi connectivity index (χ1v) is 8.05. The van der Waals surface area contributed by atoms with Gasteiger partial charge in [0.1, 0.15) is 0 Å². The Bertz CT molecular complexity index is 771. The Balaban J connectivity index is 3.33. The fourth-order valence-electron chi connectivity index (χ4n) is 1.22. The first kappa shape index (κ1) is 17.2. The van der Waals surface area contributed by atoms with Crippen molar-refractivity contribution in [3.8, 4) is 5.75 Å². The lowest BCUT2D eigenvalue weighted by atomic mass is 10.2. The fourth-order valence-corrected chi connectivity index (χ4v) is 1.97. The second-order valence-electron chi connectivity index (χ2n) is 3.65. The third-order valence-corrected chi connectivity index (χ3v) is 2.83. The van der Waals surface area contributed by atoms with Gasteiger partial charge in [-0.1, -0.05) is 0 Å². The smallest absolute Gasteiger partial charge is 0.382 e. The number of nitro benzene ring substituents is 1. The second kappa shape index (κ2) is 5.88. The molecule has 0 amide bonds. The molecule has 0 aliphatic heterocycles. The molecule has 0 radical (unpaired) electrons. The number of rotatable bonds is 6. The Morgan fingerprint density at radius 3 is 2.33 bits per heavy atom. The fraction of sp³-hybridized carbons (Fsp3) is 0.250. The summed E-state index contributed by atoms with van der Waals surface area (Å²) in [6.07, 6.45) is 0.621. The average Bonchev–Trinajstić information content (AvgIpc) is 2.25. The van der Waals surface area contributed by atoms with Crippen LogP contribution in [0.15, 0.2) is 12.1 Å². The Hall–Kier alpha value is -1.83. The van der Waals surface area contributed by atoms with Gasteiger partial charge in [-0.15, -0.1) is 0 Å². The SMILES string of the molecule is CS(=O)(=O)Oc1cc([N+](=O)[O-])c(F)cc1COS(=O)(=O)O. The first-order valence-electron chi connectivity index (χ1n) is 4.87. The monoisotopic (exact) mass is 345 g/mol. The Kier molecular flexibility index (Phi) is 4.83. The predicted molar refractivity (Wildman–Crippen MR) is 64.9 cm³/mol. The highest BCUT2D eigenvalue weighted by atomic mass is 32.3. The summed E-state index contributed by atoms with van der Waals surface area (Å²) in [5.41, 5.74) is -1.55. The summed E-state index contributed by atoms with van der Waals surface area (Å²) in [7, 11) is -9.00. The van der Waals surface area contributed by atoms with Crippen LogP contribution in [0.1, 0.15) is 5.56 Å². The molecule has 1 aromatic carbocycles. The maximum Gasteiger partial charge on any atom is 0.397 e. The van der Waals surface area contributed by atoms with Crippen LogP contribution in [0.5, 0.6) is 5.75 Å². The summed E-state index contributed by atoms with van der Waals surface area (Å²) in [5, 5.41) is 10.6. The van der Waals surface area contributed by atoms with Crippen LogP contribution in [-0.4, -0.2) is 32.6 Å². The number of nitro groups is 1. The molecular formula is C8H8FNO9S2. The zero-order valence-corrected chi connectivity index (χ0v) is 11.8. The summed E-state index contributed by atoms with van der Waals surface area (Å²) >= 11 is 0. The molecule has 1 aromatic rings. The molecule has 21 heavy (non-hydrogen) atoms. The summed E-state index contributed by atoms with van der Waals surface area (Å²) in [6, 6.07) is 0.920. The average molecular weight is 345 g/mol. The highest BCUT2D eigenvalue weighted by Gasteiger charge is 2.22. The van der Waals surface area contributed by atoms with Crippen molar-refractivity contribution in [1.82, 2.24) is 0 Å². The van der Waals surface area contributed by atoms with Crippen LogP contribution in [0.2, 0.25) is 0 Å². The quantitative estimate of drug-likeness (QED) is 0.334. The summed E-state index contributed by atoms with van der Waals surface area (Å²) in [5.74, 6) is -2.07. The van der Waals surface area contributed by atoms with Crippen LogP contribution in [-0.2, 0) is 31.3 Å². The lowest BCUT2D eigenvalue weighted by molar-refractivity contribution is -0.387. The van der Waals surface area contributed by atoms with Gasteiger partial charge in [0.05, 0.1) is 23.9 Å². The van der Waals surface area contributed by atoms with E-state index in [2.05, 4.69) is 8.37 Å². The molecule has 0 aliphatic rings. The number of hydrogen-bond donors (Lipinski definition) is 1. The van der Waals surface area contributed by atoms with Crippen molar-refractivity contribution in [1.29, 1.82) is 0 Å². The van der Waals surface area contributed by atoms with Crippen molar-refractivity contribution in [2.75, 3.05) is 6.26 Å². The van der Waals surface area contributed by atoms with Gasteiger partial charge in [0, 0.05) is 5.56 Å². The normalized spacial score (nSPS) is 12.1. The molecule has 0 saturated carbocycles. The topological polar surface area (TPSA) is 150 Å². The van der Waals surface area contributed by atoms with Gasteiger partial charge in [0.15, 0.2) is 5.75 Å². The minimum Gasteiger partial charge on any atom is -0.382 e. The second-order valence-corrected chi connectivity index (χ2v) is 6.31. The molecule has 10 nitrogen and oxygen atoms in total. The number of halogens is 1. The van der Waals surface area contributed by atoms with Crippen LogP contribution in [0.4, 0.5) is 10.1 Å². The van der Waals surface area contributed by atoms with E-state index in [9.17, 15) is 31.3 Å². The third kappa shape index (κ3) is 5.58. The Labute approximate surface area is 118 Å². The lowest BCUT2D eigenvalue weighted by Gasteiger charge is -2.09. The third-order valence-electron chi connectivity index (χ3n) is 1.93. The Morgan fingerprint density at radius 2 is 1.90 bits per heavy atom. The number of nitrogens with zero attached hydrogens (tertiary/aromatic N) is 1. The van der Waals surface area contributed by atoms with E-state index in [-0.39, 0.29) is 0 Å². The zero-order valence-electron chi connectivity index (χ0n) is 10.2. The molecule has 1 N–H and O–H groups in total. The molecule has 0 heterocycles. The molecule has 0 bridgehead atoms. The van der Waals surface area contributed by atoms with Crippen molar-refractivity contribution in [2.45, 2.75) is 6.61 Å². The van der Waals surface area contributed by atoms with Crippen molar-refractivity contribution >= 4 is 26.2 Å². The molecule has 13 heteroatoms. The van der Waals surface area contributed by atoms with Crippen molar-refractivity contribution in [2.24, 2.45) is 0 Å². The summed E-state index contributed by atoms with van der Waals surface area (Å²) in [4.78, 5) is 9.43. The summed E-state index contributed by atoms with van der Waals surface area (Å²) < 4.78 is 73.1. The molecule has 1 rings (SSSR count). The molecule has 0 fully saturated rings. The van der Waals surface area contributed by atoms with E-state index in [1.54, 1.807) is 0 Å². The van der Waals surface area contributed by atoms with Crippen molar-refractivity contribution < 1.29 is 39.1 Å². The first-order chi connectivity index (χ1) is 9.39. The lowest BCUT2D eigenvalue weighted by Crippen LogP contribution is -2.10. The highest BCUT2D eigenvalue weighted by molar-refractivity contribution is 7.86. The van der Waals surface area contributed by atoms with Crippen LogP contribution in [0, 0.1) is 15.9 Å². The maximum absolute atomic E-state index is 13.4. The van der Waals surface area contributed by atoms with Crippen molar-refractivity contribution in [3.63, 3.8) is 0 Å². The van der Waals surface area contributed by atoms with Crippen LogP contribution in [0.3, 0.4) is 0 Å². The van der Waals surface area contributed by atoms with Gasteiger partial charge < -0.3 is 4.18 Å². The largest absolute Gasteiger partial charge is 0.397 e. The zero-order chi connectivity index (χ0) is 16.4. The van der Waals surface area contributed by atoms with Crippen LogP contribution < -0.4 is 4.18 Å². The summed E-state index contributed by atoms with van der Waals surface area (Å²) in [6.45, 7) is -0.987. The van der Waals surface area contributed by atoms with Crippen molar-refractivity contribution in [3.05, 3.63) is 33.6 Å². The van der Waals surface area contributed by atoms with Crippen LogP contribution in [0.25, 0.3) is 0 Å². The van der Waals surface area contributed by atoms with E-state index in [0.29, 0.717) is 18.4 Å². The van der Waals surface area contributed by atoms with E-state index >= 15 is 0 Å². The minimum absolute atomic E-state index is 0.457. The van der Waals surface area contributed by atoms with Gasteiger partial charge in [0.2, 0.25) is 5.82 Å². The van der Waals surface area contributed by atoms with Gasteiger partial charge in [-0.25, -0.2) is 4.18 Å². The predicted octanol–water partition coefficient (Wildman–Crippen LogP) is 0.392. The molecule has 0 aliphatic carbocycles. The van der Waals surface area contributed by atoms with Gasteiger partial charge in [-0.3, -0.25) is 14.7 Å². The minimum atomic E-state index is -4.88. The standard InChI is InChI=1S/C8H8FNO9S2/c1-20(13,14)19-8-3-7(10(11)12)6(9)2-5(8)4-18-21(15,16)17/h2-3H,4H2,1H3,(H,15,16,17). The van der Waals surface area contributed by atoms with Gasteiger partial charge in [0.25, 0.3) is 0 Å². The van der Waals surface area contributed by atoms with Crippen LogP contribution >= 0.6 is 0 Å². The molecule has 0 unspecified atom stereocenters. The van der Waals surface area contributed by atoms with Gasteiger partial charge in [-0.2, -0.15) is 21.2 Å². The molecule has 0 atom stereocenters. The van der Waals surface area contributed by atoms with E-state index < -0.39 is 54.9 Å². The number of benzene rings is 1. The molecular weight excluding hydrogens is 337 g/mol. The Morgan fingerprint density at radius 1 is 1.33 bits per heavy atom. The highest BCUT2D eigenvalue weighted by Crippen LogP contribution is 2.29. The van der Waals surface area contributed by atoms with E-state index in [1.165, 1.54) is 0 Å². The molecule has 0 spiro atoms. The van der Waals surface area contributed by atoms with Gasteiger partial charge in [-0.05, 0) is 6.07 Å². The van der Waals surface area contributed by atoms with E-state index in [4.69, 9.17) is 4.55 Å². The van der Waals surface area contributed by atoms with E-state index in [1.807, 2.05) is 0 Å².